The van der Waals surface area contributed by atoms with Crippen molar-refractivity contribution in [3.63, 3.8) is 0 Å². The van der Waals surface area contributed by atoms with Gasteiger partial charge < -0.3 is 9.64 Å². The smallest absolute Gasteiger partial charge is 0.0599 e. The van der Waals surface area contributed by atoms with Gasteiger partial charge in [0.1, 0.15) is 0 Å². The highest BCUT2D eigenvalue weighted by molar-refractivity contribution is 4.69. The number of nitrogens with zero attached hydrogens (tertiary/aromatic N) is 1. The molecule has 1 heterocycles. The Bertz CT molecular complexity index is 117. The number of rotatable bonds is 3. The topological polar surface area (TPSA) is 12.5 Å². The van der Waals surface area contributed by atoms with Crippen LogP contribution in [0.5, 0.6) is 0 Å². The summed E-state index contributed by atoms with van der Waals surface area (Å²) in [6.45, 7) is 7.73. The second kappa shape index (κ2) is 4.83. The minimum absolute atomic E-state index is 0.531. The van der Waals surface area contributed by atoms with Gasteiger partial charge in [-0.25, -0.2) is 0 Å². The van der Waals surface area contributed by atoms with Gasteiger partial charge in [-0.05, 0) is 25.8 Å². The Balaban J connectivity index is 2.09. The van der Waals surface area contributed by atoms with Crippen LogP contribution in [0.25, 0.3) is 0 Å². The lowest BCUT2D eigenvalue weighted by Gasteiger charge is -2.29. The summed E-state index contributed by atoms with van der Waals surface area (Å²) in [7, 11) is 2.18. The average Bonchev–Trinajstić information content (AvgIpc) is 2.03. The third kappa shape index (κ3) is 3.55. The third-order valence-corrected chi connectivity index (χ3v) is 2.33. The van der Waals surface area contributed by atoms with Crippen molar-refractivity contribution in [3.8, 4) is 0 Å². The minimum atomic E-state index is 0.531. The first kappa shape index (κ1) is 10.0. The molecule has 0 atom stereocenters. The highest BCUT2D eigenvalue weighted by atomic mass is 16.5. The van der Waals surface area contributed by atoms with E-state index in [2.05, 4.69) is 25.8 Å². The molecule has 0 aromatic heterocycles. The van der Waals surface area contributed by atoms with Crippen LogP contribution in [-0.4, -0.2) is 37.7 Å². The van der Waals surface area contributed by atoms with Crippen molar-refractivity contribution < 1.29 is 4.74 Å². The maximum absolute atomic E-state index is 5.77. The van der Waals surface area contributed by atoms with Crippen LogP contribution in [0.15, 0.2) is 0 Å². The lowest BCUT2D eigenvalue weighted by atomic mass is 10.1. The predicted octanol–water partition coefficient (Wildman–Crippen LogP) is 1.75. The molecule has 0 radical (unpaired) electrons. The van der Waals surface area contributed by atoms with Gasteiger partial charge in [0.15, 0.2) is 0 Å². The van der Waals surface area contributed by atoms with E-state index in [4.69, 9.17) is 4.74 Å². The zero-order chi connectivity index (χ0) is 8.97. The van der Waals surface area contributed by atoms with Gasteiger partial charge in [-0.2, -0.15) is 0 Å². The lowest BCUT2D eigenvalue weighted by molar-refractivity contribution is -0.000103. The predicted molar refractivity (Wildman–Crippen MR) is 51.3 cm³/mol. The van der Waals surface area contributed by atoms with E-state index >= 15 is 0 Å². The van der Waals surface area contributed by atoms with Crippen molar-refractivity contribution in [1.29, 1.82) is 0 Å². The zero-order valence-electron chi connectivity index (χ0n) is 8.55. The van der Waals surface area contributed by atoms with E-state index < -0.39 is 0 Å². The minimum Gasteiger partial charge on any atom is -0.378 e. The van der Waals surface area contributed by atoms with Crippen LogP contribution < -0.4 is 0 Å². The molecular weight excluding hydrogens is 150 g/mol. The van der Waals surface area contributed by atoms with Crippen LogP contribution in [0, 0.1) is 5.92 Å². The lowest BCUT2D eigenvalue weighted by Crippen LogP contribution is -2.34. The number of likely N-dealkylation sites (tertiary alicyclic amines) is 1. The number of piperidine rings is 1. The summed E-state index contributed by atoms with van der Waals surface area (Å²) in [6, 6.07) is 0. The van der Waals surface area contributed by atoms with Gasteiger partial charge >= 0.3 is 0 Å². The Labute approximate surface area is 75.9 Å². The molecule has 1 aliphatic rings. The van der Waals surface area contributed by atoms with E-state index in [1.54, 1.807) is 0 Å². The van der Waals surface area contributed by atoms with E-state index in [-0.39, 0.29) is 0 Å². The molecule has 0 N–H and O–H groups in total. The second-order valence-electron chi connectivity index (χ2n) is 4.23. The molecule has 0 bridgehead atoms. The SMILES string of the molecule is CC(C)COC1CCN(C)CC1. The fourth-order valence-corrected chi connectivity index (χ4v) is 1.48. The zero-order valence-corrected chi connectivity index (χ0v) is 8.55. The summed E-state index contributed by atoms with van der Waals surface area (Å²) >= 11 is 0. The number of hydrogen-bond donors (Lipinski definition) is 0. The molecule has 1 saturated heterocycles. The quantitative estimate of drug-likeness (QED) is 0.641. The molecule has 0 spiro atoms. The van der Waals surface area contributed by atoms with E-state index in [9.17, 15) is 0 Å². The summed E-state index contributed by atoms with van der Waals surface area (Å²) < 4.78 is 5.77. The van der Waals surface area contributed by atoms with Gasteiger partial charge in [-0.15, -0.1) is 0 Å². The van der Waals surface area contributed by atoms with Gasteiger partial charge in [0.25, 0.3) is 0 Å². The molecule has 0 amide bonds. The van der Waals surface area contributed by atoms with Crippen molar-refractivity contribution in [1.82, 2.24) is 4.90 Å². The first-order valence-corrected chi connectivity index (χ1v) is 4.98. The first-order valence-electron chi connectivity index (χ1n) is 4.98. The highest BCUT2D eigenvalue weighted by Gasteiger charge is 2.16. The monoisotopic (exact) mass is 171 g/mol. The Hall–Kier alpha value is -0.0800. The van der Waals surface area contributed by atoms with Crippen LogP contribution >= 0.6 is 0 Å². The van der Waals surface area contributed by atoms with Crippen molar-refractivity contribution in [3.05, 3.63) is 0 Å². The molecule has 1 rings (SSSR count). The van der Waals surface area contributed by atoms with E-state index in [1.165, 1.54) is 25.9 Å². The van der Waals surface area contributed by atoms with Gasteiger partial charge in [0, 0.05) is 19.7 Å². The molecule has 0 saturated carbocycles. The third-order valence-electron chi connectivity index (χ3n) is 2.33. The molecule has 2 heteroatoms. The standard InChI is InChI=1S/C10H21NO/c1-9(2)8-12-10-4-6-11(3)7-5-10/h9-10H,4-8H2,1-3H3. The van der Waals surface area contributed by atoms with E-state index in [0.29, 0.717) is 12.0 Å². The summed E-state index contributed by atoms with van der Waals surface area (Å²) in [5, 5.41) is 0. The molecule has 0 aromatic carbocycles. The number of ether oxygens (including phenoxy) is 1. The molecule has 0 unspecified atom stereocenters. The fourth-order valence-electron chi connectivity index (χ4n) is 1.48. The van der Waals surface area contributed by atoms with Crippen LogP contribution in [0.1, 0.15) is 26.7 Å². The Morgan fingerprint density at radius 1 is 1.33 bits per heavy atom. The van der Waals surface area contributed by atoms with E-state index in [1.807, 2.05) is 0 Å². The highest BCUT2D eigenvalue weighted by Crippen LogP contribution is 2.12. The molecule has 1 aliphatic heterocycles. The first-order chi connectivity index (χ1) is 5.68. The molecule has 72 valence electrons. The molecule has 0 aliphatic carbocycles. The summed E-state index contributed by atoms with van der Waals surface area (Å²) in [4.78, 5) is 2.37. The molecular formula is C10H21NO. The number of hydrogen-bond acceptors (Lipinski definition) is 2. The van der Waals surface area contributed by atoms with Crippen LogP contribution in [0.4, 0.5) is 0 Å². The van der Waals surface area contributed by atoms with Crippen molar-refractivity contribution >= 4 is 0 Å². The summed E-state index contributed by atoms with van der Waals surface area (Å²) in [5.74, 6) is 0.671. The van der Waals surface area contributed by atoms with Crippen molar-refractivity contribution in [2.45, 2.75) is 32.8 Å². The largest absolute Gasteiger partial charge is 0.378 e. The van der Waals surface area contributed by atoms with Crippen molar-refractivity contribution in [2.24, 2.45) is 5.92 Å². The molecule has 1 fully saturated rings. The normalized spacial score (nSPS) is 22.0. The van der Waals surface area contributed by atoms with Crippen LogP contribution in [0.2, 0.25) is 0 Å². The maximum Gasteiger partial charge on any atom is 0.0599 e. The van der Waals surface area contributed by atoms with Crippen LogP contribution in [-0.2, 0) is 4.74 Å². The average molecular weight is 171 g/mol. The second-order valence-corrected chi connectivity index (χ2v) is 4.23. The Morgan fingerprint density at radius 2 is 1.92 bits per heavy atom. The van der Waals surface area contributed by atoms with E-state index in [0.717, 1.165) is 6.61 Å². The van der Waals surface area contributed by atoms with Gasteiger partial charge in [-0.1, -0.05) is 13.8 Å². The summed E-state index contributed by atoms with van der Waals surface area (Å²) in [5.41, 5.74) is 0. The molecule has 12 heavy (non-hydrogen) atoms. The summed E-state index contributed by atoms with van der Waals surface area (Å²) in [6.07, 6.45) is 2.95. The van der Waals surface area contributed by atoms with Gasteiger partial charge in [-0.3, -0.25) is 0 Å². The Kier molecular flexibility index (Phi) is 4.02. The molecule has 0 aromatic rings. The van der Waals surface area contributed by atoms with Crippen LogP contribution in [0.3, 0.4) is 0 Å². The van der Waals surface area contributed by atoms with Gasteiger partial charge in [0.2, 0.25) is 0 Å². The molecule has 2 nitrogen and oxygen atoms in total. The Morgan fingerprint density at radius 3 is 2.42 bits per heavy atom. The maximum atomic E-state index is 5.77. The fraction of sp³-hybridized carbons (Fsp3) is 1.00. The van der Waals surface area contributed by atoms with Crippen molar-refractivity contribution in [2.75, 3.05) is 26.7 Å². The van der Waals surface area contributed by atoms with Gasteiger partial charge in [0.05, 0.1) is 6.10 Å².